The van der Waals surface area contributed by atoms with E-state index in [2.05, 4.69) is 13.0 Å². The van der Waals surface area contributed by atoms with E-state index in [0.29, 0.717) is 12.7 Å². The molecular weight excluding hydrogens is 226 g/mol. The summed E-state index contributed by atoms with van der Waals surface area (Å²) in [5, 5.41) is 0. The van der Waals surface area contributed by atoms with Crippen LogP contribution in [0.2, 0.25) is 0 Å². The van der Waals surface area contributed by atoms with E-state index in [-0.39, 0.29) is 12.1 Å². The molecule has 1 aliphatic heterocycles. The van der Waals surface area contributed by atoms with Crippen molar-refractivity contribution >= 4 is 0 Å². The molecule has 1 fully saturated rings. The number of nitrogens with two attached hydrogens (primary N) is 1. The first kappa shape index (κ1) is 13.4. The van der Waals surface area contributed by atoms with E-state index in [1.54, 1.807) is 0 Å². The molecule has 3 unspecified atom stereocenters. The predicted molar refractivity (Wildman–Crippen MR) is 72.9 cm³/mol. The molecule has 18 heavy (non-hydrogen) atoms. The molecule has 3 nitrogen and oxygen atoms in total. The van der Waals surface area contributed by atoms with Crippen molar-refractivity contribution in [3.05, 3.63) is 29.8 Å². The minimum atomic E-state index is 0.150. The molecule has 1 aromatic carbocycles. The second-order valence-electron chi connectivity index (χ2n) is 5.25. The molecule has 0 amide bonds. The first-order valence-electron chi connectivity index (χ1n) is 6.77. The average Bonchev–Trinajstić information content (AvgIpc) is 2.73. The van der Waals surface area contributed by atoms with Gasteiger partial charge >= 0.3 is 0 Å². The van der Waals surface area contributed by atoms with Crippen LogP contribution in [0.3, 0.4) is 0 Å². The zero-order chi connectivity index (χ0) is 13.0. The van der Waals surface area contributed by atoms with E-state index in [9.17, 15) is 0 Å². The van der Waals surface area contributed by atoms with Crippen LogP contribution in [0.1, 0.15) is 32.3 Å². The van der Waals surface area contributed by atoms with Crippen LogP contribution < -0.4 is 10.5 Å². The van der Waals surface area contributed by atoms with Crippen LogP contribution in [0, 0.1) is 0 Å². The Labute approximate surface area is 109 Å². The van der Waals surface area contributed by atoms with Crippen molar-refractivity contribution in [1.29, 1.82) is 0 Å². The molecule has 2 rings (SSSR count). The van der Waals surface area contributed by atoms with E-state index in [1.807, 2.05) is 25.1 Å². The first-order chi connectivity index (χ1) is 8.65. The molecule has 0 bridgehead atoms. The molecule has 0 radical (unpaired) electrons. The molecule has 0 saturated carbocycles. The summed E-state index contributed by atoms with van der Waals surface area (Å²) in [6.07, 6.45) is 3.69. The van der Waals surface area contributed by atoms with Crippen molar-refractivity contribution in [1.82, 2.24) is 0 Å². The van der Waals surface area contributed by atoms with Crippen LogP contribution in [0.5, 0.6) is 5.75 Å². The molecule has 0 aromatic heterocycles. The highest BCUT2D eigenvalue weighted by Gasteiger charge is 2.22. The number of para-hydroxylation sites is 1. The van der Waals surface area contributed by atoms with Gasteiger partial charge in [-0.25, -0.2) is 0 Å². The lowest BCUT2D eigenvalue weighted by Crippen LogP contribution is -2.20. The summed E-state index contributed by atoms with van der Waals surface area (Å²) in [5.41, 5.74) is 7.03. The molecule has 1 saturated heterocycles. The lowest BCUT2D eigenvalue weighted by Gasteiger charge is -2.16. The van der Waals surface area contributed by atoms with Crippen molar-refractivity contribution in [3.8, 4) is 5.75 Å². The predicted octanol–water partition coefficient (Wildman–Crippen LogP) is 2.52. The standard InChI is InChI=1S/C15H23NO2/c1-11(16)9-13-5-3-4-6-15(13)17-10-14-8-7-12(2)18-14/h3-6,11-12,14H,7-10,16H2,1-2H3. The zero-order valence-corrected chi connectivity index (χ0v) is 11.3. The lowest BCUT2D eigenvalue weighted by molar-refractivity contribution is 0.0262. The maximum Gasteiger partial charge on any atom is 0.122 e. The topological polar surface area (TPSA) is 44.5 Å². The second kappa shape index (κ2) is 6.21. The van der Waals surface area contributed by atoms with Crippen molar-refractivity contribution < 1.29 is 9.47 Å². The van der Waals surface area contributed by atoms with E-state index in [4.69, 9.17) is 15.2 Å². The van der Waals surface area contributed by atoms with Crippen LogP contribution in [0.25, 0.3) is 0 Å². The summed E-state index contributed by atoms with van der Waals surface area (Å²) in [6.45, 7) is 4.77. The second-order valence-corrected chi connectivity index (χ2v) is 5.25. The molecule has 100 valence electrons. The van der Waals surface area contributed by atoms with Gasteiger partial charge in [-0.15, -0.1) is 0 Å². The number of ether oxygens (including phenoxy) is 2. The quantitative estimate of drug-likeness (QED) is 0.872. The zero-order valence-electron chi connectivity index (χ0n) is 11.3. The Morgan fingerprint density at radius 3 is 2.83 bits per heavy atom. The summed E-state index contributed by atoms with van der Waals surface area (Å²) >= 11 is 0. The van der Waals surface area contributed by atoms with E-state index in [1.165, 1.54) is 5.56 Å². The summed E-state index contributed by atoms with van der Waals surface area (Å²) in [6, 6.07) is 8.27. The normalized spacial score (nSPS) is 25.1. The number of benzene rings is 1. The molecule has 1 heterocycles. The molecule has 1 aliphatic rings. The van der Waals surface area contributed by atoms with E-state index in [0.717, 1.165) is 25.0 Å². The van der Waals surface area contributed by atoms with Crippen LogP contribution in [-0.2, 0) is 11.2 Å². The lowest BCUT2D eigenvalue weighted by atomic mass is 10.1. The monoisotopic (exact) mass is 249 g/mol. The number of hydrogen-bond acceptors (Lipinski definition) is 3. The fourth-order valence-corrected chi connectivity index (χ4v) is 2.35. The van der Waals surface area contributed by atoms with Gasteiger partial charge in [0, 0.05) is 6.04 Å². The maximum absolute atomic E-state index is 5.89. The Morgan fingerprint density at radius 1 is 1.39 bits per heavy atom. The Hall–Kier alpha value is -1.06. The van der Waals surface area contributed by atoms with Gasteiger partial charge in [0.1, 0.15) is 12.4 Å². The largest absolute Gasteiger partial charge is 0.491 e. The molecule has 0 spiro atoms. The molecule has 2 N–H and O–H groups in total. The van der Waals surface area contributed by atoms with E-state index < -0.39 is 0 Å². The Balaban J connectivity index is 1.92. The highest BCUT2D eigenvalue weighted by atomic mass is 16.5. The molecule has 3 atom stereocenters. The highest BCUT2D eigenvalue weighted by molar-refractivity contribution is 5.33. The number of rotatable bonds is 5. The van der Waals surface area contributed by atoms with E-state index >= 15 is 0 Å². The van der Waals surface area contributed by atoms with Crippen molar-refractivity contribution in [2.75, 3.05) is 6.61 Å². The van der Waals surface area contributed by atoms with Gasteiger partial charge in [-0.1, -0.05) is 18.2 Å². The average molecular weight is 249 g/mol. The molecule has 1 aromatic rings. The van der Waals surface area contributed by atoms with Gasteiger partial charge in [-0.3, -0.25) is 0 Å². The SMILES string of the molecule is CC(N)Cc1ccccc1OCC1CCC(C)O1. The maximum atomic E-state index is 5.89. The minimum Gasteiger partial charge on any atom is -0.491 e. The molecule has 3 heteroatoms. The Bertz CT molecular complexity index is 379. The van der Waals surface area contributed by atoms with Crippen LogP contribution in [0.15, 0.2) is 24.3 Å². The highest BCUT2D eigenvalue weighted by Crippen LogP contribution is 2.23. The van der Waals surface area contributed by atoms with Gasteiger partial charge in [0.15, 0.2) is 0 Å². The van der Waals surface area contributed by atoms with Crippen LogP contribution >= 0.6 is 0 Å². The van der Waals surface area contributed by atoms with Crippen molar-refractivity contribution in [3.63, 3.8) is 0 Å². The van der Waals surface area contributed by atoms with Gasteiger partial charge in [0.2, 0.25) is 0 Å². The summed E-state index contributed by atoms with van der Waals surface area (Å²) in [4.78, 5) is 0. The van der Waals surface area contributed by atoms with Gasteiger partial charge in [0.05, 0.1) is 12.2 Å². The smallest absolute Gasteiger partial charge is 0.122 e. The van der Waals surface area contributed by atoms with Crippen LogP contribution in [-0.4, -0.2) is 24.9 Å². The summed E-state index contributed by atoms with van der Waals surface area (Å²) in [5.74, 6) is 0.943. The first-order valence-corrected chi connectivity index (χ1v) is 6.77. The Kier molecular flexibility index (Phi) is 4.61. The van der Waals surface area contributed by atoms with Crippen molar-refractivity contribution in [2.24, 2.45) is 5.73 Å². The third-order valence-electron chi connectivity index (χ3n) is 3.26. The Morgan fingerprint density at radius 2 is 2.17 bits per heavy atom. The fourth-order valence-electron chi connectivity index (χ4n) is 2.35. The van der Waals surface area contributed by atoms with Gasteiger partial charge < -0.3 is 15.2 Å². The summed E-state index contributed by atoms with van der Waals surface area (Å²) < 4.78 is 11.6. The molecule has 0 aliphatic carbocycles. The fraction of sp³-hybridized carbons (Fsp3) is 0.600. The third-order valence-corrected chi connectivity index (χ3v) is 3.26. The minimum absolute atomic E-state index is 0.150. The number of hydrogen-bond donors (Lipinski definition) is 1. The third kappa shape index (κ3) is 3.72. The summed E-state index contributed by atoms with van der Waals surface area (Å²) in [7, 11) is 0. The van der Waals surface area contributed by atoms with Gasteiger partial charge in [0.25, 0.3) is 0 Å². The van der Waals surface area contributed by atoms with Gasteiger partial charge in [-0.05, 0) is 44.7 Å². The van der Waals surface area contributed by atoms with Crippen molar-refractivity contribution in [2.45, 2.75) is 51.4 Å². The van der Waals surface area contributed by atoms with Gasteiger partial charge in [-0.2, -0.15) is 0 Å². The molecular formula is C15H23NO2. The van der Waals surface area contributed by atoms with Crippen LogP contribution in [0.4, 0.5) is 0 Å².